The van der Waals surface area contributed by atoms with Gasteiger partial charge in [0.05, 0.1) is 27.9 Å². The molecule has 4 heteroatoms. The lowest BCUT2D eigenvalue weighted by Gasteiger charge is -2.32. The van der Waals surface area contributed by atoms with Gasteiger partial charge in [-0.05, 0) is 42.8 Å². The van der Waals surface area contributed by atoms with Crippen LogP contribution in [0.2, 0.25) is 0 Å². The average molecular weight is 451 g/mol. The molecule has 0 bridgehead atoms. The first kappa shape index (κ1) is 19.8. The van der Waals surface area contributed by atoms with Gasteiger partial charge in [0.1, 0.15) is 6.07 Å². The summed E-state index contributed by atoms with van der Waals surface area (Å²) in [5.74, 6) is 0. The Morgan fingerprint density at radius 1 is 0.771 bits per heavy atom. The van der Waals surface area contributed by atoms with E-state index >= 15 is 0 Å². The van der Waals surface area contributed by atoms with Crippen molar-refractivity contribution in [2.24, 2.45) is 0 Å². The highest BCUT2D eigenvalue weighted by Crippen LogP contribution is 2.46. The zero-order valence-corrected chi connectivity index (χ0v) is 19.3. The van der Waals surface area contributed by atoms with Gasteiger partial charge >= 0.3 is 0 Å². The summed E-state index contributed by atoms with van der Waals surface area (Å²) in [6.07, 6.45) is 6.25. The van der Waals surface area contributed by atoms with Crippen LogP contribution in [0.4, 0.5) is 0 Å². The average Bonchev–Trinajstić information content (AvgIpc) is 2.92. The summed E-state index contributed by atoms with van der Waals surface area (Å²) in [6, 6.07) is 32.0. The highest BCUT2D eigenvalue weighted by molar-refractivity contribution is 5.75. The molecule has 5 heterocycles. The Bertz CT molecular complexity index is 1680. The molecule has 2 aliphatic heterocycles. The molecule has 7 rings (SSSR count). The second-order valence-electron chi connectivity index (χ2n) is 9.23. The Morgan fingerprint density at radius 2 is 1.57 bits per heavy atom. The molecule has 0 N–H and O–H groups in total. The summed E-state index contributed by atoms with van der Waals surface area (Å²) in [6.45, 7) is 2.13. The maximum Gasteiger partial charge on any atom is 0.250 e. The van der Waals surface area contributed by atoms with E-state index in [9.17, 15) is 5.26 Å². The monoisotopic (exact) mass is 450 g/mol. The molecule has 2 aromatic carbocycles. The van der Waals surface area contributed by atoms with Crippen LogP contribution in [0.15, 0.2) is 104 Å². The Kier molecular flexibility index (Phi) is 4.21. The first-order valence-electron chi connectivity index (χ1n) is 11.9. The molecule has 0 fully saturated rings. The van der Waals surface area contributed by atoms with Gasteiger partial charge in [-0.25, -0.2) is 0 Å². The first-order valence-corrected chi connectivity index (χ1v) is 11.9. The molecule has 3 aromatic heterocycles. The third kappa shape index (κ3) is 2.76. The summed E-state index contributed by atoms with van der Waals surface area (Å²) in [5, 5.41) is 10.1. The predicted molar refractivity (Wildman–Crippen MR) is 133 cm³/mol. The van der Waals surface area contributed by atoms with Crippen LogP contribution in [-0.4, -0.2) is 4.98 Å². The van der Waals surface area contributed by atoms with Crippen molar-refractivity contribution in [1.82, 2.24) is 4.98 Å². The van der Waals surface area contributed by atoms with Crippen molar-refractivity contribution in [3.05, 3.63) is 126 Å². The molecule has 0 aliphatic carbocycles. The van der Waals surface area contributed by atoms with E-state index in [-0.39, 0.29) is 12.1 Å². The Hall–Kier alpha value is -4.62. The fourth-order valence-corrected chi connectivity index (χ4v) is 5.94. The molecule has 0 radical (unpaired) electrons. The van der Waals surface area contributed by atoms with Gasteiger partial charge in [0, 0.05) is 35.5 Å². The van der Waals surface area contributed by atoms with Gasteiger partial charge in [-0.2, -0.15) is 14.4 Å². The molecule has 164 valence electrons. The molecule has 2 unspecified atom stereocenters. The van der Waals surface area contributed by atoms with E-state index in [2.05, 4.69) is 100 Å². The standard InChI is InChI=1S/C31H22N4/c1-20-17-28-29-21(18-32)9-8-12-24(29)31-30(35(28)19-25(20)26-13-4-6-15-33-26)23-11-3-2-10-22(23)27-14-5-7-16-34(27)31/h2-17,19,30-31H,1H3/q+2. The highest BCUT2D eigenvalue weighted by Gasteiger charge is 2.52. The molecular weight excluding hydrogens is 428 g/mol. The zero-order chi connectivity index (χ0) is 23.5. The normalized spacial score (nSPS) is 16.7. The number of nitriles is 1. The lowest BCUT2D eigenvalue weighted by atomic mass is 9.78. The number of fused-ring (bicyclic) bond motifs is 11. The molecule has 4 nitrogen and oxygen atoms in total. The topological polar surface area (TPSA) is 44.4 Å². The second kappa shape index (κ2) is 7.44. The van der Waals surface area contributed by atoms with Gasteiger partial charge in [0.25, 0.3) is 12.1 Å². The van der Waals surface area contributed by atoms with Crippen LogP contribution in [0.5, 0.6) is 0 Å². The van der Waals surface area contributed by atoms with E-state index in [1.54, 1.807) is 0 Å². The summed E-state index contributed by atoms with van der Waals surface area (Å²) >= 11 is 0. The second-order valence-corrected chi connectivity index (χ2v) is 9.23. The number of pyridine rings is 3. The SMILES string of the molecule is Cc1cc2[n+](cc1-c1ccccn1)C1c3ccccc3-c3cccc[n+]3C1c1cccc(C#N)c1-2. The van der Waals surface area contributed by atoms with Gasteiger partial charge in [-0.3, -0.25) is 4.98 Å². The summed E-state index contributed by atoms with van der Waals surface area (Å²) in [5.41, 5.74) is 10.9. The van der Waals surface area contributed by atoms with Crippen LogP contribution < -0.4 is 9.13 Å². The van der Waals surface area contributed by atoms with Gasteiger partial charge < -0.3 is 0 Å². The maximum atomic E-state index is 10.1. The number of nitrogens with zero attached hydrogens (tertiary/aromatic N) is 4. The van der Waals surface area contributed by atoms with E-state index in [1.807, 2.05) is 30.5 Å². The number of benzene rings is 2. The quantitative estimate of drug-likeness (QED) is 0.324. The van der Waals surface area contributed by atoms with E-state index in [0.717, 1.165) is 28.1 Å². The van der Waals surface area contributed by atoms with Gasteiger partial charge in [0.15, 0.2) is 12.4 Å². The lowest BCUT2D eigenvalue weighted by Crippen LogP contribution is -2.60. The molecule has 2 aliphatic rings. The number of aryl methyl sites for hydroxylation is 1. The first-order chi connectivity index (χ1) is 17.3. The number of aromatic nitrogens is 3. The molecule has 0 spiro atoms. The van der Waals surface area contributed by atoms with E-state index in [4.69, 9.17) is 0 Å². The Labute approximate surface area is 204 Å². The third-order valence-corrected chi connectivity index (χ3v) is 7.40. The van der Waals surface area contributed by atoms with Crippen LogP contribution in [-0.2, 0) is 0 Å². The Morgan fingerprint density at radius 3 is 2.43 bits per heavy atom. The van der Waals surface area contributed by atoms with Crippen LogP contribution in [0.1, 0.15) is 34.3 Å². The number of hydrogen-bond donors (Lipinski definition) is 0. The van der Waals surface area contributed by atoms with E-state index < -0.39 is 0 Å². The van der Waals surface area contributed by atoms with E-state index in [0.29, 0.717) is 5.56 Å². The van der Waals surface area contributed by atoms with Gasteiger partial charge in [-0.1, -0.05) is 36.4 Å². The molecule has 2 atom stereocenters. The van der Waals surface area contributed by atoms with Crippen molar-refractivity contribution in [1.29, 1.82) is 5.26 Å². The van der Waals surface area contributed by atoms with Crippen molar-refractivity contribution in [3.63, 3.8) is 0 Å². The fourth-order valence-electron chi connectivity index (χ4n) is 5.94. The smallest absolute Gasteiger partial charge is 0.250 e. The molecule has 0 saturated heterocycles. The van der Waals surface area contributed by atoms with Crippen molar-refractivity contribution in [3.8, 4) is 39.8 Å². The summed E-state index contributed by atoms with van der Waals surface area (Å²) < 4.78 is 4.76. The van der Waals surface area contributed by atoms with Crippen molar-refractivity contribution < 1.29 is 9.13 Å². The molecule has 0 saturated carbocycles. The molecule has 0 amide bonds. The maximum absolute atomic E-state index is 10.1. The van der Waals surface area contributed by atoms with Crippen LogP contribution >= 0.6 is 0 Å². The summed E-state index contributed by atoms with van der Waals surface area (Å²) in [7, 11) is 0. The molecule has 5 aromatic rings. The minimum Gasteiger partial charge on any atom is -0.256 e. The molecular formula is C31H22N4+2. The third-order valence-electron chi connectivity index (χ3n) is 7.40. The van der Waals surface area contributed by atoms with Crippen molar-refractivity contribution in [2.45, 2.75) is 19.0 Å². The lowest BCUT2D eigenvalue weighted by molar-refractivity contribution is -0.799. The Balaban J connectivity index is 1.62. The minimum atomic E-state index is 0.0289. The molecule has 35 heavy (non-hydrogen) atoms. The largest absolute Gasteiger partial charge is 0.256 e. The number of hydrogen-bond acceptors (Lipinski definition) is 2. The van der Waals surface area contributed by atoms with Gasteiger partial charge in [-0.15, -0.1) is 0 Å². The number of rotatable bonds is 1. The van der Waals surface area contributed by atoms with E-state index in [1.165, 1.54) is 22.4 Å². The predicted octanol–water partition coefficient (Wildman–Crippen LogP) is 5.34. The highest BCUT2D eigenvalue weighted by atomic mass is 15.1. The van der Waals surface area contributed by atoms with Crippen LogP contribution in [0, 0.1) is 18.3 Å². The summed E-state index contributed by atoms with van der Waals surface area (Å²) in [4.78, 5) is 4.65. The fraction of sp³-hybridized carbons (Fsp3) is 0.0968. The van der Waals surface area contributed by atoms with Crippen molar-refractivity contribution in [2.75, 3.05) is 0 Å². The van der Waals surface area contributed by atoms with Gasteiger partial charge in [0.2, 0.25) is 11.4 Å². The van der Waals surface area contributed by atoms with Crippen LogP contribution in [0.3, 0.4) is 0 Å². The van der Waals surface area contributed by atoms with Crippen molar-refractivity contribution >= 4 is 0 Å². The zero-order valence-electron chi connectivity index (χ0n) is 19.3. The van der Waals surface area contributed by atoms with Crippen LogP contribution in [0.25, 0.3) is 33.8 Å². The minimum absolute atomic E-state index is 0.0289.